The summed E-state index contributed by atoms with van der Waals surface area (Å²) >= 11 is 0. The Morgan fingerprint density at radius 2 is 1.75 bits per heavy atom. The summed E-state index contributed by atoms with van der Waals surface area (Å²) in [6, 6.07) is 0.760. The highest BCUT2D eigenvalue weighted by atomic mass is 15.3. The van der Waals surface area contributed by atoms with Crippen molar-refractivity contribution in [2.75, 3.05) is 26.2 Å². The second-order valence-corrected chi connectivity index (χ2v) is 6.08. The maximum absolute atomic E-state index is 5.95. The van der Waals surface area contributed by atoms with Crippen LogP contribution in [0.2, 0.25) is 0 Å². The smallest absolute Gasteiger partial charge is 0.0543 e. The molecule has 0 amide bonds. The van der Waals surface area contributed by atoms with E-state index in [9.17, 15) is 0 Å². The van der Waals surface area contributed by atoms with Gasteiger partial charge in [0.05, 0.1) is 6.17 Å². The molecule has 2 heterocycles. The lowest BCUT2D eigenvalue weighted by Crippen LogP contribution is -2.47. The molecule has 0 bridgehead atoms. The quantitative estimate of drug-likeness (QED) is 0.770. The number of likely N-dealkylation sites (tertiary alicyclic amines) is 2. The third-order valence-electron chi connectivity index (χ3n) is 4.18. The van der Waals surface area contributed by atoms with Crippen LogP contribution < -0.4 is 5.73 Å². The summed E-state index contributed by atoms with van der Waals surface area (Å²) in [4.78, 5) is 5.12. The summed E-state index contributed by atoms with van der Waals surface area (Å²) in [5.74, 6) is 1.74. The number of rotatable bonds is 2. The maximum Gasteiger partial charge on any atom is 0.0543 e. The molecule has 4 atom stereocenters. The zero-order valence-electron chi connectivity index (χ0n) is 11.0. The van der Waals surface area contributed by atoms with E-state index in [0.29, 0.717) is 0 Å². The monoisotopic (exact) mass is 225 g/mol. The highest BCUT2D eigenvalue weighted by Crippen LogP contribution is 2.26. The molecular weight excluding hydrogens is 198 g/mol. The van der Waals surface area contributed by atoms with Crippen LogP contribution in [0.1, 0.15) is 33.6 Å². The molecule has 2 N–H and O–H groups in total. The molecule has 3 heteroatoms. The Morgan fingerprint density at radius 1 is 1.12 bits per heavy atom. The van der Waals surface area contributed by atoms with Gasteiger partial charge in [-0.3, -0.25) is 9.80 Å². The topological polar surface area (TPSA) is 32.5 Å². The first-order valence-electron chi connectivity index (χ1n) is 6.80. The molecule has 16 heavy (non-hydrogen) atoms. The normalized spacial score (nSPS) is 40.1. The summed E-state index contributed by atoms with van der Waals surface area (Å²) in [6.07, 6.45) is 2.94. The van der Waals surface area contributed by atoms with Crippen LogP contribution in [0.5, 0.6) is 0 Å². The SMILES string of the molecule is CC1CC(C)CN(C2CCN(C(C)N)C2)C1. The number of hydrogen-bond acceptors (Lipinski definition) is 3. The minimum atomic E-state index is 0.227. The molecule has 0 aliphatic carbocycles. The lowest BCUT2D eigenvalue weighted by atomic mass is 9.91. The van der Waals surface area contributed by atoms with Gasteiger partial charge in [-0.15, -0.1) is 0 Å². The number of nitrogens with zero attached hydrogens (tertiary/aromatic N) is 2. The fourth-order valence-corrected chi connectivity index (χ4v) is 3.45. The number of piperidine rings is 1. The van der Waals surface area contributed by atoms with Crippen LogP contribution in [0.15, 0.2) is 0 Å². The standard InChI is InChI=1S/C13H27N3/c1-10-6-11(2)8-16(7-10)13-4-5-15(9-13)12(3)14/h10-13H,4-9,14H2,1-3H3. The van der Waals surface area contributed by atoms with E-state index in [2.05, 4.69) is 30.6 Å². The molecule has 2 aliphatic heterocycles. The molecule has 0 aromatic carbocycles. The number of hydrogen-bond donors (Lipinski definition) is 1. The first-order valence-corrected chi connectivity index (χ1v) is 6.80. The summed E-state index contributed by atoms with van der Waals surface area (Å²) in [7, 11) is 0. The van der Waals surface area contributed by atoms with Crippen molar-refractivity contribution < 1.29 is 0 Å². The van der Waals surface area contributed by atoms with Crippen molar-refractivity contribution in [3.05, 3.63) is 0 Å². The molecular formula is C13H27N3. The summed E-state index contributed by atoms with van der Waals surface area (Å²) in [6.45, 7) is 11.8. The second kappa shape index (κ2) is 5.03. The molecule has 3 nitrogen and oxygen atoms in total. The van der Waals surface area contributed by atoms with E-state index in [1.807, 2.05) is 0 Å². The molecule has 0 radical (unpaired) electrons. The minimum absolute atomic E-state index is 0.227. The van der Waals surface area contributed by atoms with Crippen molar-refractivity contribution in [3.63, 3.8) is 0 Å². The highest BCUT2D eigenvalue weighted by molar-refractivity contribution is 4.88. The summed E-state index contributed by atoms with van der Waals surface area (Å²) in [5, 5.41) is 0. The van der Waals surface area contributed by atoms with E-state index in [1.54, 1.807) is 0 Å². The van der Waals surface area contributed by atoms with Crippen molar-refractivity contribution in [3.8, 4) is 0 Å². The van der Waals surface area contributed by atoms with Crippen molar-refractivity contribution >= 4 is 0 Å². The van der Waals surface area contributed by atoms with Crippen molar-refractivity contribution in [1.29, 1.82) is 0 Å². The van der Waals surface area contributed by atoms with Crippen LogP contribution in [0, 0.1) is 11.8 Å². The zero-order chi connectivity index (χ0) is 11.7. The van der Waals surface area contributed by atoms with Gasteiger partial charge in [0, 0.05) is 32.2 Å². The van der Waals surface area contributed by atoms with Gasteiger partial charge in [0.15, 0.2) is 0 Å². The van der Waals surface area contributed by atoms with Gasteiger partial charge >= 0.3 is 0 Å². The third kappa shape index (κ3) is 2.76. The van der Waals surface area contributed by atoms with Gasteiger partial charge in [0.1, 0.15) is 0 Å². The Kier molecular flexibility index (Phi) is 3.88. The first kappa shape index (κ1) is 12.3. The van der Waals surface area contributed by atoms with Crippen LogP contribution in [-0.2, 0) is 0 Å². The van der Waals surface area contributed by atoms with Gasteiger partial charge < -0.3 is 5.73 Å². The van der Waals surface area contributed by atoms with E-state index in [-0.39, 0.29) is 6.17 Å². The van der Waals surface area contributed by atoms with Gasteiger partial charge in [-0.25, -0.2) is 0 Å². The Balaban J connectivity index is 1.88. The molecule has 0 saturated carbocycles. The highest BCUT2D eigenvalue weighted by Gasteiger charge is 2.32. The lowest BCUT2D eigenvalue weighted by Gasteiger charge is -2.39. The van der Waals surface area contributed by atoms with Crippen LogP contribution in [-0.4, -0.2) is 48.2 Å². The maximum atomic E-state index is 5.95. The van der Waals surface area contributed by atoms with E-state index >= 15 is 0 Å². The Labute approximate surface area is 100.0 Å². The fourth-order valence-electron chi connectivity index (χ4n) is 3.45. The lowest BCUT2D eigenvalue weighted by molar-refractivity contribution is 0.0948. The van der Waals surface area contributed by atoms with Gasteiger partial charge in [0.2, 0.25) is 0 Å². The van der Waals surface area contributed by atoms with E-state index in [0.717, 1.165) is 17.9 Å². The average molecular weight is 225 g/mol. The third-order valence-corrected chi connectivity index (χ3v) is 4.18. The fraction of sp³-hybridized carbons (Fsp3) is 1.00. The molecule has 2 aliphatic rings. The first-order chi connectivity index (χ1) is 7.56. The zero-order valence-corrected chi connectivity index (χ0v) is 11.0. The second-order valence-electron chi connectivity index (χ2n) is 6.08. The molecule has 4 unspecified atom stereocenters. The van der Waals surface area contributed by atoms with Gasteiger partial charge in [0.25, 0.3) is 0 Å². The molecule has 2 fully saturated rings. The van der Waals surface area contributed by atoms with Crippen molar-refractivity contribution in [2.45, 2.75) is 45.8 Å². The molecule has 2 rings (SSSR count). The van der Waals surface area contributed by atoms with Gasteiger partial charge in [-0.05, 0) is 31.6 Å². The Bertz CT molecular complexity index is 219. The minimum Gasteiger partial charge on any atom is -0.316 e. The van der Waals surface area contributed by atoms with Crippen molar-refractivity contribution in [1.82, 2.24) is 9.80 Å². The van der Waals surface area contributed by atoms with E-state index < -0.39 is 0 Å². The molecule has 2 saturated heterocycles. The van der Waals surface area contributed by atoms with Crippen molar-refractivity contribution in [2.24, 2.45) is 17.6 Å². The summed E-state index contributed by atoms with van der Waals surface area (Å²) < 4.78 is 0. The number of nitrogens with two attached hydrogens (primary N) is 1. The van der Waals surface area contributed by atoms with Gasteiger partial charge in [-0.1, -0.05) is 13.8 Å². The van der Waals surface area contributed by atoms with Gasteiger partial charge in [-0.2, -0.15) is 0 Å². The van der Waals surface area contributed by atoms with E-state index in [1.165, 1.54) is 39.0 Å². The van der Waals surface area contributed by atoms with E-state index in [4.69, 9.17) is 5.73 Å². The molecule has 0 spiro atoms. The Morgan fingerprint density at radius 3 is 2.25 bits per heavy atom. The van der Waals surface area contributed by atoms with Crippen LogP contribution >= 0.6 is 0 Å². The predicted octanol–water partition coefficient (Wildman–Crippen LogP) is 1.34. The molecule has 0 aromatic heterocycles. The van der Waals surface area contributed by atoms with Crippen LogP contribution in [0.25, 0.3) is 0 Å². The van der Waals surface area contributed by atoms with Crippen LogP contribution in [0.4, 0.5) is 0 Å². The predicted molar refractivity (Wildman–Crippen MR) is 68.1 cm³/mol. The summed E-state index contributed by atoms with van der Waals surface area (Å²) in [5.41, 5.74) is 5.95. The van der Waals surface area contributed by atoms with Crippen LogP contribution in [0.3, 0.4) is 0 Å². The molecule has 94 valence electrons. The average Bonchev–Trinajstić information content (AvgIpc) is 2.64. The largest absolute Gasteiger partial charge is 0.316 e. The molecule has 0 aromatic rings. The Hall–Kier alpha value is -0.120.